The van der Waals surface area contributed by atoms with Crippen LogP contribution in [0.25, 0.3) is 0 Å². The van der Waals surface area contributed by atoms with E-state index in [0.717, 1.165) is 24.7 Å². The fourth-order valence-corrected chi connectivity index (χ4v) is 7.27. The summed E-state index contributed by atoms with van der Waals surface area (Å²) in [5.41, 5.74) is 1.55. The van der Waals surface area contributed by atoms with Crippen LogP contribution >= 0.6 is 0 Å². The van der Waals surface area contributed by atoms with Gasteiger partial charge in [-0.25, -0.2) is 0 Å². The number of nitrogens with zero attached hydrogens (tertiary/aromatic N) is 1. The molecule has 0 aromatic heterocycles. The summed E-state index contributed by atoms with van der Waals surface area (Å²) < 4.78 is 5.86. The molecule has 0 aromatic rings. The van der Waals surface area contributed by atoms with E-state index in [2.05, 4.69) is 45.9 Å². The average Bonchev–Trinajstić information content (AvgIpc) is 3.07. The van der Waals surface area contributed by atoms with E-state index in [-0.39, 0.29) is 0 Å². The van der Waals surface area contributed by atoms with Gasteiger partial charge in [0.15, 0.2) is 0 Å². The molecule has 0 spiro atoms. The van der Waals surface area contributed by atoms with Gasteiger partial charge in [0.05, 0.1) is 12.4 Å². The number of hydrogen-bond donors (Lipinski definition) is 0. The molecule has 0 aliphatic carbocycles. The smallest absolute Gasteiger partial charge is 0.0888 e. The van der Waals surface area contributed by atoms with Crippen LogP contribution in [0.4, 0.5) is 0 Å². The van der Waals surface area contributed by atoms with Gasteiger partial charge in [-0.05, 0) is 71.0 Å². The highest BCUT2D eigenvalue weighted by atomic mass is 16.5. The Morgan fingerprint density at radius 2 is 0.833 bits per heavy atom. The summed E-state index contributed by atoms with van der Waals surface area (Å²) in [7, 11) is 2.32. The lowest BCUT2D eigenvalue weighted by Crippen LogP contribution is -2.20. The first kappa shape index (κ1) is 47.2. The maximum atomic E-state index is 5.86. The minimum absolute atomic E-state index is 0.869. The molecule has 0 saturated heterocycles. The van der Waals surface area contributed by atoms with E-state index in [1.54, 1.807) is 5.57 Å². The van der Waals surface area contributed by atoms with E-state index >= 15 is 0 Å². The molecule has 0 saturated carbocycles. The first-order valence-electron chi connectivity index (χ1n) is 22.2. The number of allylic oxidation sites excluding steroid dienone is 2. The van der Waals surface area contributed by atoms with Crippen molar-refractivity contribution >= 4 is 0 Å². The fourth-order valence-electron chi connectivity index (χ4n) is 7.27. The zero-order chi connectivity index (χ0) is 35.2. The first-order valence-corrected chi connectivity index (χ1v) is 22.2. The van der Waals surface area contributed by atoms with Gasteiger partial charge in [-0.15, -0.1) is 0 Å². The van der Waals surface area contributed by atoms with E-state index < -0.39 is 0 Å². The van der Waals surface area contributed by atoms with Crippen molar-refractivity contribution in [2.75, 3.05) is 26.7 Å². The van der Waals surface area contributed by atoms with Gasteiger partial charge in [-0.2, -0.15) is 0 Å². The molecular formula is C46H91NO. The Kier molecular flexibility index (Phi) is 38.4. The molecule has 286 valence electrons. The molecule has 0 aliphatic heterocycles. The van der Waals surface area contributed by atoms with Crippen LogP contribution < -0.4 is 0 Å². The first-order chi connectivity index (χ1) is 23.5. The summed E-state index contributed by atoms with van der Waals surface area (Å²) in [4.78, 5) is 2.56. The molecule has 0 radical (unpaired) electrons. The maximum absolute atomic E-state index is 5.86. The monoisotopic (exact) mass is 674 g/mol. The second kappa shape index (κ2) is 39.0. The Bertz CT molecular complexity index is 640. The molecule has 0 aliphatic rings. The number of ether oxygens (including phenoxy) is 1. The van der Waals surface area contributed by atoms with Gasteiger partial charge in [0.1, 0.15) is 0 Å². The topological polar surface area (TPSA) is 12.5 Å². The van der Waals surface area contributed by atoms with Crippen LogP contribution in [0.3, 0.4) is 0 Å². The molecule has 0 rings (SSSR count). The zero-order valence-electron chi connectivity index (χ0n) is 34.0. The number of rotatable bonds is 41. The largest absolute Gasteiger partial charge is 0.499 e. The summed E-state index contributed by atoms with van der Waals surface area (Å²) >= 11 is 0. The van der Waals surface area contributed by atoms with Gasteiger partial charge in [0.2, 0.25) is 0 Å². The quantitative estimate of drug-likeness (QED) is 0.0364. The van der Waals surface area contributed by atoms with Gasteiger partial charge in [0, 0.05) is 6.42 Å². The van der Waals surface area contributed by atoms with Crippen molar-refractivity contribution in [3.63, 3.8) is 0 Å². The Balaban J connectivity index is 3.75. The van der Waals surface area contributed by atoms with E-state index in [1.165, 1.54) is 225 Å². The van der Waals surface area contributed by atoms with Crippen LogP contribution in [0.15, 0.2) is 24.5 Å². The molecule has 2 heteroatoms. The van der Waals surface area contributed by atoms with Gasteiger partial charge >= 0.3 is 0 Å². The lowest BCUT2D eigenvalue weighted by molar-refractivity contribution is 0.195. The summed E-state index contributed by atoms with van der Waals surface area (Å²) in [6.45, 7) is 19.0. The lowest BCUT2D eigenvalue weighted by atomic mass is 9.87. The van der Waals surface area contributed by atoms with Crippen LogP contribution in [0.5, 0.6) is 0 Å². The molecule has 0 bridgehead atoms. The lowest BCUT2D eigenvalue weighted by Gasteiger charge is -2.19. The molecule has 0 N–H and O–H groups in total. The Labute approximate surface area is 305 Å². The van der Waals surface area contributed by atoms with Crippen LogP contribution in [-0.2, 0) is 4.74 Å². The van der Waals surface area contributed by atoms with Crippen molar-refractivity contribution in [3.05, 3.63) is 24.5 Å². The van der Waals surface area contributed by atoms with Gasteiger partial charge < -0.3 is 9.64 Å². The predicted molar refractivity (Wildman–Crippen MR) is 219 cm³/mol. The van der Waals surface area contributed by atoms with Crippen molar-refractivity contribution < 1.29 is 4.74 Å². The van der Waals surface area contributed by atoms with Gasteiger partial charge in [-0.3, -0.25) is 0 Å². The van der Waals surface area contributed by atoms with Gasteiger partial charge in [-0.1, -0.05) is 206 Å². The molecule has 48 heavy (non-hydrogen) atoms. The van der Waals surface area contributed by atoms with Crippen LogP contribution in [0.2, 0.25) is 0 Å². The minimum atomic E-state index is 0.869. The molecule has 0 aromatic carbocycles. The molecule has 0 amide bonds. The molecule has 0 atom stereocenters. The third-order valence-electron chi connectivity index (χ3n) is 10.6. The Hall–Kier alpha value is -0.760. The number of unbranched alkanes of at least 4 members (excludes halogenated alkanes) is 24. The highest BCUT2D eigenvalue weighted by Gasteiger charge is 2.11. The van der Waals surface area contributed by atoms with Gasteiger partial charge in [0.25, 0.3) is 0 Å². The zero-order valence-corrected chi connectivity index (χ0v) is 34.0. The van der Waals surface area contributed by atoms with Crippen LogP contribution in [0, 0.1) is 5.92 Å². The predicted octanol–water partition coefficient (Wildman–Crippen LogP) is 15.9. The van der Waals surface area contributed by atoms with E-state index in [4.69, 9.17) is 4.74 Å². The molecular weight excluding hydrogens is 583 g/mol. The van der Waals surface area contributed by atoms with Crippen molar-refractivity contribution in [3.8, 4) is 0 Å². The fraction of sp³-hybridized carbons (Fsp3) is 0.913. The number of hydrogen-bond acceptors (Lipinski definition) is 2. The molecule has 0 unspecified atom stereocenters. The highest BCUT2D eigenvalue weighted by Crippen LogP contribution is 2.27. The maximum Gasteiger partial charge on any atom is 0.0888 e. The summed E-state index contributed by atoms with van der Waals surface area (Å²) in [6.07, 6.45) is 46.4. The molecule has 0 heterocycles. The molecule has 0 fully saturated rings. The van der Waals surface area contributed by atoms with Crippen molar-refractivity contribution in [2.45, 2.75) is 239 Å². The standard InChI is InChI=1S/C46H91NO/c1-7-10-13-16-19-28-35-42-48-45(5)37-30-23-21-27-34-41-47(6)40-33-26-20-22-29-36-44(4)43-46(38-31-24-17-14-11-8-2)39-32-25-18-15-12-9-3/h46H,4-5,7-43H2,1-3,6H3. The Morgan fingerprint density at radius 3 is 1.31 bits per heavy atom. The third-order valence-corrected chi connectivity index (χ3v) is 10.6. The average molecular weight is 674 g/mol. The van der Waals surface area contributed by atoms with E-state index in [1.807, 2.05) is 0 Å². The molecule has 2 nitrogen and oxygen atoms in total. The van der Waals surface area contributed by atoms with E-state index in [0.29, 0.717) is 0 Å². The SMILES string of the molecule is C=C(CCCCCCCN(C)CCCCCCCC(=C)OCCCCCCCCC)CC(CCCCCCCC)CCCCCCCC. The third kappa shape index (κ3) is 36.5. The summed E-state index contributed by atoms with van der Waals surface area (Å²) in [5.74, 6) is 1.91. The van der Waals surface area contributed by atoms with Crippen molar-refractivity contribution in [1.82, 2.24) is 4.90 Å². The second-order valence-electron chi connectivity index (χ2n) is 15.8. The van der Waals surface area contributed by atoms with Crippen LogP contribution in [-0.4, -0.2) is 31.6 Å². The normalized spacial score (nSPS) is 11.6. The summed E-state index contributed by atoms with van der Waals surface area (Å²) in [6, 6.07) is 0. The van der Waals surface area contributed by atoms with Crippen molar-refractivity contribution in [2.24, 2.45) is 5.92 Å². The highest BCUT2D eigenvalue weighted by molar-refractivity contribution is 4.95. The Morgan fingerprint density at radius 1 is 0.458 bits per heavy atom. The van der Waals surface area contributed by atoms with E-state index in [9.17, 15) is 0 Å². The van der Waals surface area contributed by atoms with Crippen molar-refractivity contribution in [1.29, 1.82) is 0 Å². The second-order valence-corrected chi connectivity index (χ2v) is 15.8. The summed E-state index contributed by atoms with van der Waals surface area (Å²) in [5, 5.41) is 0. The minimum Gasteiger partial charge on any atom is -0.499 e. The van der Waals surface area contributed by atoms with Crippen LogP contribution in [0.1, 0.15) is 239 Å².